The summed E-state index contributed by atoms with van der Waals surface area (Å²) in [6, 6.07) is 4.75. The Kier molecular flexibility index (Phi) is 4.97. The molecule has 5 nitrogen and oxygen atoms in total. The number of methoxy groups -OCH3 is 3. The minimum absolute atomic E-state index is 0.406. The number of rotatable bonds is 5. The van der Waals surface area contributed by atoms with E-state index in [0.717, 1.165) is 7.11 Å². The molecule has 0 N–H and O–H groups in total. The molecule has 0 saturated heterocycles. The van der Waals surface area contributed by atoms with Crippen LogP contribution in [0.25, 0.3) is 0 Å². The minimum atomic E-state index is -1.14. The van der Waals surface area contributed by atoms with Gasteiger partial charge in [0.15, 0.2) is 0 Å². The van der Waals surface area contributed by atoms with Crippen LogP contribution in [0, 0.1) is 0 Å². The number of ketones is 1. The van der Waals surface area contributed by atoms with Gasteiger partial charge in [0, 0.05) is 6.07 Å². The average molecular weight is 273 g/mol. The van der Waals surface area contributed by atoms with Crippen molar-refractivity contribution >= 4 is 23.4 Å². The first-order valence-corrected chi connectivity index (χ1v) is 5.46. The number of halogens is 1. The van der Waals surface area contributed by atoms with Crippen molar-refractivity contribution < 1.29 is 23.8 Å². The van der Waals surface area contributed by atoms with Gasteiger partial charge in [-0.3, -0.25) is 4.79 Å². The van der Waals surface area contributed by atoms with Crippen LogP contribution in [-0.4, -0.2) is 33.1 Å². The topological polar surface area (TPSA) is 61.8 Å². The van der Waals surface area contributed by atoms with Crippen molar-refractivity contribution in [1.82, 2.24) is 0 Å². The Morgan fingerprint density at radius 3 is 1.94 bits per heavy atom. The Balaban J connectivity index is 3.08. The molecule has 0 radical (unpaired) electrons. The van der Waals surface area contributed by atoms with Gasteiger partial charge in [-0.05, 0) is 17.7 Å². The molecule has 0 heterocycles. The molecule has 98 valence electrons. The number of carbonyl (C=O) groups excluding carboxylic acids is 2. The molecule has 0 aromatic heterocycles. The first kappa shape index (κ1) is 14.3. The Bertz CT molecular complexity index is 436. The monoisotopic (exact) mass is 272 g/mol. The van der Waals surface area contributed by atoms with Crippen molar-refractivity contribution in [3.8, 4) is 11.5 Å². The summed E-state index contributed by atoms with van der Waals surface area (Å²) >= 11 is 5.93. The predicted octanol–water partition coefficient (Wildman–Crippen LogP) is 1.73. The fraction of sp³-hybridized carbons (Fsp3) is 0.333. The van der Waals surface area contributed by atoms with Gasteiger partial charge in [-0.15, -0.1) is 11.6 Å². The highest BCUT2D eigenvalue weighted by molar-refractivity contribution is 6.47. The zero-order chi connectivity index (χ0) is 13.7. The van der Waals surface area contributed by atoms with Crippen LogP contribution in [0.3, 0.4) is 0 Å². The van der Waals surface area contributed by atoms with Crippen molar-refractivity contribution in [2.45, 2.75) is 5.38 Å². The van der Waals surface area contributed by atoms with E-state index in [4.69, 9.17) is 21.1 Å². The predicted molar refractivity (Wildman–Crippen MR) is 65.2 cm³/mol. The molecule has 1 unspecified atom stereocenters. The maximum atomic E-state index is 11.6. The van der Waals surface area contributed by atoms with Gasteiger partial charge < -0.3 is 14.2 Å². The second-order valence-corrected chi connectivity index (χ2v) is 3.80. The normalized spacial score (nSPS) is 11.6. The van der Waals surface area contributed by atoms with Crippen LogP contribution >= 0.6 is 11.6 Å². The molecule has 1 rings (SSSR count). The average Bonchev–Trinajstić information content (AvgIpc) is 2.43. The lowest BCUT2D eigenvalue weighted by Crippen LogP contribution is -2.20. The summed E-state index contributed by atoms with van der Waals surface area (Å²) in [5.41, 5.74) is 0.406. The molecule has 0 fully saturated rings. The summed E-state index contributed by atoms with van der Waals surface area (Å²) in [7, 11) is 4.07. The summed E-state index contributed by atoms with van der Waals surface area (Å²) in [6.45, 7) is 0. The third-order valence-electron chi connectivity index (χ3n) is 2.28. The number of hydrogen-bond acceptors (Lipinski definition) is 5. The van der Waals surface area contributed by atoms with E-state index >= 15 is 0 Å². The van der Waals surface area contributed by atoms with E-state index in [1.165, 1.54) is 14.2 Å². The summed E-state index contributed by atoms with van der Waals surface area (Å²) in [5, 5.41) is -1.14. The molecule has 6 heteroatoms. The number of benzene rings is 1. The second-order valence-electron chi connectivity index (χ2n) is 3.36. The van der Waals surface area contributed by atoms with E-state index in [9.17, 15) is 9.59 Å². The van der Waals surface area contributed by atoms with Gasteiger partial charge in [-0.25, -0.2) is 4.79 Å². The maximum Gasteiger partial charge on any atom is 0.376 e. The number of Topliss-reactive ketones (excluding diaryl/α,β-unsaturated/α-hetero) is 1. The number of carbonyl (C=O) groups is 2. The van der Waals surface area contributed by atoms with Gasteiger partial charge in [-0.1, -0.05) is 0 Å². The largest absolute Gasteiger partial charge is 0.497 e. The van der Waals surface area contributed by atoms with Gasteiger partial charge in [0.25, 0.3) is 5.78 Å². The van der Waals surface area contributed by atoms with E-state index in [0.29, 0.717) is 17.1 Å². The first-order valence-electron chi connectivity index (χ1n) is 5.02. The lowest BCUT2D eigenvalue weighted by atomic mass is 10.1. The standard InChI is InChI=1S/C12H13ClO5/c1-16-8-4-7(5-9(6-8)17-2)10(13)11(14)12(15)18-3/h4-6,10H,1-3H3. The van der Waals surface area contributed by atoms with Crippen molar-refractivity contribution in [3.63, 3.8) is 0 Å². The molecule has 0 aliphatic carbocycles. The Hall–Kier alpha value is -1.75. The van der Waals surface area contributed by atoms with Crippen LogP contribution in [0.15, 0.2) is 18.2 Å². The SMILES string of the molecule is COC(=O)C(=O)C(Cl)c1cc(OC)cc(OC)c1. The maximum absolute atomic E-state index is 11.6. The van der Waals surface area contributed by atoms with E-state index < -0.39 is 17.1 Å². The molecular weight excluding hydrogens is 260 g/mol. The second kappa shape index (κ2) is 6.26. The zero-order valence-corrected chi connectivity index (χ0v) is 11.0. The van der Waals surface area contributed by atoms with Gasteiger partial charge in [-0.2, -0.15) is 0 Å². The third-order valence-corrected chi connectivity index (χ3v) is 2.73. The van der Waals surface area contributed by atoms with Crippen LogP contribution in [-0.2, 0) is 14.3 Å². The molecule has 1 aromatic carbocycles. The summed E-state index contributed by atoms with van der Waals surface area (Å²) in [5.74, 6) is -0.869. The summed E-state index contributed by atoms with van der Waals surface area (Å²) < 4.78 is 14.4. The molecule has 18 heavy (non-hydrogen) atoms. The van der Waals surface area contributed by atoms with E-state index in [1.807, 2.05) is 0 Å². The molecule has 1 aromatic rings. The smallest absolute Gasteiger partial charge is 0.376 e. The Morgan fingerprint density at radius 1 is 1.06 bits per heavy atom. The molecule has 0 saturated carbocycles. The number of alkyl halides is 1. The first-order chi connectivity index (χ1) is 8.53. The quantitative estimate of drug-likeness (QED) is 0.464. The van der Waals surface area contributed by atoms with Crippen molar-refractivity contribution in [1.29, 1.82) is 0 Å². The third kappa shape index (κ3) is 3.13. The molecule has 0 bridgehead atoms. The molecule has 0 aliphatic rings. The highest BCUT2D eigenvalue weighted by atomic mass is 35.5. The van der Waals surface area contributed by atoms with Gasteiger partial charge in [0.1, 0.15) is 16.9 Å². The molecule has 1 atom stereocenters. The molecule has 0 aliphatic heterocycles. The van der Waals surface area contributed by atoms with Gasteiger partial charge in [0.05, 0.1) is 21.3 Å². The number of ether oxygens (including phenoxy) is 3. The summed E-state index contributed by atoms with van der Waals surface area (Å²) in [6.07, 6.45) is 0. The van der Waals surface area contributed by atoms with E-state index in [-0.39, 0.29) is 0 Å². The van der Waals surface area contributed by atoms with E-state index in [1.54, 1.807) is 18.2 Å². The number of hydrogen-bond donors (Lipinski definition) is 0. The van der Waals surface area contributed by atoms with Crippen LogP contribution in [0.5, 0.6) is 11.5 Å². The number of esters is 1. The fourth-order valence-electron chi connectivity index (χ4n) is 1.33. The Morgan fingerprint density at radius 2 is 1.56 bits per heavy atom. The van der Waals surface area contributed by atoms with Crippen LogP contribution in [0.2, 0.25) is 0 Å². The molecule has 0 amide bonds. The van der Waals surface area contributed by atoms with Crippen LogP contribution in [0.4, 0.5) is 0 Å². The highest BCUT2D eigenvalue weighted by Crippen LogP contribution is 2.30. The molecule has 0 spiro atoms. The minimum Gasteiger partial charge on any atom is -0.497 e. The van der Waals surface area contributed by atoms with Crippen LogP contribution in [0.1, 0.15) is 10.9 Å². The van der Waals surface area contributed by atoms with Gasteiger partial charge >= 0.3 is 5.97 Å². The van der Waals surface area contributed by atoms with Crippen molar-refractivity contribution in [2.24, 2.45) is 0 Å². The van der Waals surface area contributed by atoms with Crippen molar-refractivity contribution in [2.75, 3.05) is 21.3 Å². The lowest BCUT2D eigenvalue weighted by Gasteiger charge is -2.11. The molecular formula is C12H13ClO5. The lowest BCUT2D eigenvalue weighted by molar-refractivity contribution is -0.151. The summed E-state index contributed by atoms with van der Waals surface area (Å²) in [4.78, 5) is 22.7. The van der Waals surface area contributed by atoms with Gasteiger partial charge in [0.2, 0.25) is 0 Å². The van der Waals surface area contributed by atoms with Crippen LogP contribution < -0.4 is 9.47 Å². The fourth-order valence-corrected chi connectivity index (χ4v) is 1.55. The highest BCUT2D eigenvalue weighted by Gasteiger charge is 2.26. The Labute approximate surface area is 110 Å². The van der Waals surface area contributed by atoms with Crippen molar-refractivity contribution in [3.05, 3.63) is 23.8 Å². The van der Waals surface area contributed by atoms with E-state index in [2.05, 4.69) is 4.74 Å². The zero-order valence-electron chi connectivity index (χ0n) is 10.2.